The van der Waals surface area contributed by atoms with Crippen LogP contribution in [0, 0.1) is 0 Å². The summed E-state index contributed by atoms with van der Waals surface area (Å²) in [7, 11) is 0. The Labute approximate surface area is 133 Å². The molecule has 1 heterocycles. The predicted molar refractivity (Wildman–Crippen MR) is 93.4 cm³/mol. The van der Waals surface area contributed by atoms with Gasteiger partial charge >= 0.3 is 0 Å². The molecule has 2 aromatic carbocycles. The number of hydrazone groups is 1. The van der Waals surface area contributed by atoms with Crippen molar-refractivity contribution in [1.82, 2.24) is 4.98 Å². The van der Waals surface area contributed by atoms with Crippen molar-refractivity contribution in [1.29, 1.82) is 0 Å². The van der Waals surface area contributed by atoms with Gasteiger partial charge in [-0.15, -0.1) is 0 Å². The molecule has 0 saturated carbocycles. The first-order valence-electron chi connectivity index (χ1n) is 6.84. The van der Waals surface area contributed by atoms with Crippen LogP contribution in [0.1, 0.15) is 12.5 Å². The molecular formula is C17H15ClN4. The zero-order chi connectivity index (χ0) is 15.5. The Morgan fingerprint density at radius 1 is 1.14 bits per heavy atom. The van der Waals surface area contributed by atoms with Gasteiger partial charge in [0.15, 0.2) is 0 Å². The second kappa shape index (κ2) is 6.03. The lowest BCUT2D eigenvalue weighted by Crippen LogP contribution is -2.00. The normalized spacial score (nSPS) is 11.6. The molecule has 110 valence electrons. The van der Waals surface area contributed by atoms with E-state index in [1.54, 1.807) is 6.20 Å². The molecule has 0 aliphatic heterocycles. The Hall–Kier alpha value is -2.59. The number of fused-ring (bicyclic) bond motifs is 1. The smallest absolute Gasteiger partial charge is 0.0738 e. The molecule has 0 radical (unpaired) electrons. The van der Waals surface area contributed by atoms with Crippen molar-refractivity contribution >= 4 is 39.6 Å². The van der Waals surface area contributed by atoms with Crippen LogP contribution >= 0.6 is 11.6 Å². The number of nitrogens with one attached hydrogen (secondary N) is 1. The van der Waals surface area contributed by atoms with Gasteiger partial charge < -0.3 is 5.73 Å². The largest absolute Gasteiger partial charge is 0.399 e. The number of anilines is 2. The maximum atomic E-state index is 5.99. The molecule has 3 N–H and O–H groups in total. The number of hydrogen-bond acceptors (Lipinski definition) is 4. The van der Waals surface area contributed by atoms with Crippen molar-refractivity contribution in [3.05, 3.63) is 65.3 Å². The molecule has 0 spiro atoms. The third-order valence-corrected chi connectivity index (χ3v) is 3.61. The first-order valence-corrected chi connectivity index (χ1v) is 7.22. The molecule has 4 nitrogen and oxygen atoms in total. The zero-order valence-electron chi connectivity index (χ0n) is 12.0. The molecule has 3 aromatic rings. The lowest BCUT2D eigenvalue weighted by molar-refractivity contribution is 1.31. The fraction of sp³-hybridized carbons (Fsp3) is 0.0588. The zero-order valence-corrected chi connectivity index (χ0v) is 12.8. The summed E-state index contributed by atoms with van der Waals surface area (Å²) in [5.74, 6) is 0. The number of nitrogens with zero attached hydrogens (tertiary/aromatic N) is 2. The van der Waals surface area contributed by atoms with E-state index >= 15 is 0 Å². The molecule has 0 bridgehead atoms. The predicted octanol–water partition coefficient (Wildman–Crippen LogP) is 4.31. The van der Waals surface area contributed by atoms with Crippen LogP contribution in [-0.2, 0) is 0 Å². The summed E-state index contributed by atoms with van der Waals surface area (Å²) in [6.45, 7) is 1.94. The van der Waals surface area contributed by atoms with Gasteiger partial charge in [0.1, 0.15) is 0 Å². The molecule has 0 unspecified atom stereocenters. The van der Waals surface area contributed by atoms with Gasteiger partial charge in [0, 0.05) is 22.3 Å². The van der Waals surface area contributed by atoms with E-state index in [9.17, 15) is 0 Å². The number of pyridine rings is 1. The van der Waals surface area contributed by atoms with Crippen LogP contribution in [-0.4, -0.2) is 10.7 Å². The van der Waals surface area contributed by atoms with E-state index in [0.29, 0.717) is 5.02 Å². The fourth-order valence-electron chi connectivity index (χ4n) is 2.15. The third-order valence-electron chi connectivity index (χ3n) is 3.38. The van der Waals surface area contributed by atoms with Gasteiger partial charge in [0.2, 0.25) is 0 Å². The SMILES string of the molecule is C/C(=N\Nc1ccnc2cc(Cl)ccc12)c1ccc(N)cc1. The average Bonchev–Trinajstić information content (AvgIpc) is 2.52. The van der Waals surface area contributed by atoms with E-state index in [1.807, 2.05) is 55.5 Å². The maximum Gasteiger partial charge on any atom is 0.0738 e. The quantitative estimate of drug-likeness (QED) is 0.430. The van der Waals surface area contributed by atoms with Crippen LogP contribution in [0.15, 0.2) is 59.8 Å². The number of nitrogens with two attached hydrogens (primary N) is 1. The van der Waals surface area contributed by atoms with Crippen molar-refractivity contribution in [2.45, 2.75) is 6.92 Å². The van der Waals surface area contributed by atoms with Crippen LogP contribution in [0.4, 0.5) is 11.4 Å². The second-order valence-electron chi connectivity index (χ2n) is 4.95. The summed E-state index contributed by atoms with van der Waals surface area (Å²) in [5.41, 5.74) is 13.1. The van der Waals surface area contributed by atoms with E-state index in [1.165, 1.54) is 0 Å². The van der Waals surface area contributed by atoms with Crippen molar-refractivity contribution < 1.29 is 0 Å². The molecule has 5 heteroatoms. The summed E-state index contributed by atoms with van der Waals surface area (Å²) >= 11 is 5.99. The molecular weight excluding hydrogens is 296 g/mol. The van der Waals surface area contributed by atoms with Gasteiger partial charge in [-0.3, -0.25) is 10.4 Å². The topological polar surface area (TPSA) is 63.3 Å². The number of benzene rings is 2. The molecule has 0 fully saturated rings. The van der Waals surface area contributed by atoms with Crippen molar-refractivity contribution in [3.8, 4) is 0 Å². The van der Waals surface area contributed by atoms with Crippen LogP contribution in [0.5, 0.6) is 0 Å². The minimum absolute atomic E-state index is 0.665. The van der Waals surface area contributed by atoms with Gasteiger partial charge in [0.05, 0.1) is 16.9 Å². The van der Waals surface area contributed by atoms with Crippen molar-refractivity contribution in [2.24, 2.45) is 5.10 Å². The van der Waals surface area contributed by atoms with Gasteiger partial charge in [0.25, 0.3) is 0 Å². The molecule has 0 aliphatic rings. The summed E-state index contributed by atoms with van der Waals surface area (Å²) in [5, 5.41) is 6.07. The maximum absolute atomic E-state index is 5.99. The second-order valence-corrected chi connectivity index (χ2v) is 5.39. The number of nitrogen functional groups attached to an aromatic ring is 1. The van der Waals surface area contributed by atoms with E-state index in [2.05, 4.69) is 15.5 Å². The Morgan fingerprint density at radius 3 is 2.68 bits per heavy atom. The van der Waals surface area contributed by atoms with E-state index in [4.69, 9.17) is 17.3 Å². The molecule has 0 amide bonds. The van der Waals surface area contributed by atoms with Crippen LogP contribution in [0.25, 0.3) is 10.9 Å². The lowest BCUT2D eigenvalue weighted by atomic mass is 10.1. The number of hydrogen-bond donors (Lipinski definition) is 2. The van der Waals surface area contributed by atoms with Crippen molar-refractivity contribution in [3.63, 3.8) is 0 Å². The molecule has 3 rings (SSSR count). The Morgan fingerprint density at radius 2 is 1.91 bits per heavy atom. The summed E-state index contributed by atoms with van der Waals surface area (Å²) in [4.78, 5) is 4.31. The molecule has 22 heavy (non-hydrogen) atoms. The summed E-state index contributed by atoms with van der Waals surface area (Å²) in [6.07, 6.45) is 1.73. The van der Waals surface area contributed by atoms with Gasteiger partial charge in [-0.25, -0.2) is 0 Å². The highest BCUT2D eigenvalue weighted by atomic mass is 35.5. The Balaban J connectivity index is 1.90. The Bertz CT molecular complexity index is 841. The van der Waals surface area contributed by atoms with Crippen molar-refractivity contribution in [2.75, 3.05) is 11.2 Å². The first-order chi connectivity index (χ1) is 10.6. The molecule has 0 aliphatic carbocycles. The van der Waals surface area contributed by atoms with Crippen LogP contribution < -0.4 is 11.2 Å². The molecule has 0 atom stereocenters. The van der Waals surface area contributed by atoms with E-state index < -0.39 is 0 Å². The fourth-order valence-corrected chi connectivity index (χ4v) is 2.32. The monoisotopic (exact) mass is 310 g/mol. The first kappa shape index (κ1) is 14.4. The highest BCUT2D eigenvalue weighted by Crippen LogP contribution is 2.24. The molecule has 0 saturated heterocycles. The van der Waals surface area contributed by atoms with E-state index in [0.717, 1.165) is 33.6 Å². The minimum Gasteiger partial charge on any atom is -0.399 e. The third kappa shape index (κ3) is 3.02. The average molecular weight is 311 g/mol. The van der Waals surface area contributed by atoms with Gasteiger partial charge in [-0.2, -0.15) is 5.10 Å². The van der Waals surface area contributed by atoms with Gasteiger partial charge in [-0.05, 0) is 48.9 Å². The summed E-state index contributed by atoms with van der Waals surface area (Å²) < 4.78 is 0. The number of aromatic nitrogens is 1. The molecule has 1 aromatic heterocycles. The number of halogens is 1. The standard InChI is InChI=1S/C17H15ClN4/c1-11(12-2-5-14(19)6-3-12)21-22-16-8-9-20-17-10-13(18)4-7-15(16)17/h2-10H,19H2,1H3,(H,20,22)/b21-11+. The van der Waals surface area contributed by atoms with E-state index in [-0.39, 0.29) is 0 Å². The van der Waals surface area contributed by atoms with Crippen LogP contribution in [0.2, 0.25) is 5.02 Å². The highest BCUT2D eigenvalue weighted by molar-refractivity contribution is 6.31. The number of rotatable bonds is 3. The minimum atomic E-state index is 0.665. The Kier molecular flexibility index (Phi) is 3.94. The van der Waals surface area contributed by atoms with Gasteiger partial charge in [-0.1, -0.05) is 23.7 Å². The van der Waals surface area contributed by atoms with Crippen LogP contribution in [0.3, 0.4) is 0 Å². The highest BCUT2D eigenvalue weighted by Gasteiger charge is 2.03. The summed E-state index contributed by atoms with van der Waals surface area (Å²) in [6, 6.07) is 15.1. The lowest BCUT2D eigenvalue weighted by Gasteiger charge is -2.07.